The van der Waals surface area contributed by atoms with E-state index in [9.17, 15) is 4.79 Å². The predicted octanol–water partition coefficient (Wildman–Crippen LogP) is -0.614. The molecule has 1 unspecified atom stereocenters. The summed E-state index contributed by atoms with van der Waals surface area (Å²) < 4.78 is 10.9. The van der Waals surface area contributed by atoms with Crippen LogP contribution >= 0.6 is 0 Å². The molecule has 1 aliphatic rings. The highest BCUT2D eigenvalue weighted by Gasteiger charge is 2.32. The number of hydrogen-bond acceptors (Lipinski definition) is 4. The first-order valence-electron chi connectivity index (χ1n) is 4.89. The van der Waals surface area contributed by atoms with E-state index in [4.69, 9.17) is 20.9 Å². The molecule has 5 nitrogen and oxygen atoms in total. The SMILES string of the molecule is NCC1(OCCC(N)=O)CCCOC1. The average molecular weight is 202 g/mol. The molecular formula is C9H18N2O3. The van der Waals surface area contributed by atoms with Crippen LogP contribution in [0.1, 0.15) is 19.3 Å². The maximum absolute atomic E-state index is 10.5. The minimum absolute atomic E-state index is 0.238. The smallest absolute Gasteiger partial charge is 0.219 e. The van der Waals surface area contributed by atoms with Gasteiger partial charge in [0.05, 0.1) is 13.2 Å². The summed E-state index contributed by atoms with van der Waals surface area (Å²) in [4.78, 5) is 10.5. The molecule has 1 aliphatic heterocycles. The highest BCUT2D eigenvalue weighted by molar-refractivity contribution is 5.73. The van der Waals surface area contributed by atoms with E-state index in [1.807, 2.05) is 0 Å². The molecule has 1 rings (SSSR count). The second-order valence-corrected chi connectivity index (χ2v) is 3.61. The Morgan fingerprint density at radius 3 is 2.86 bits per heavy atom. The van der Waals surface area contributed by atoms with Crippen LogP contribution in [0, 0.1) is 0 Å². The molecule has 0 bridgehead atoms. The molecule has 0 aromatic heterocycles. The number of hydrogen-bond donors (Lipinski definition) is 2. The van der Waals surface area contributed by atoms with Crippen molar-refractivity contribution >= 4 is 5.91 Å². The Balaban J connectivity index is 2.32. The molecule has 0 aromatic rings. The molecule has 1 fully saturated rings. The van der Waals surface area contributed by atoms with Crippen molar-refractivity contribution in [1.82, 2.24) is 0 Å². The fourth-order valence-corrected chi connectivity index (χ4v) is 1.53. The van der Waals surface area contributed by atoms with Crippen LogP contribution in [0.25, 0.3) is 0 Å². The predicted molar refractivity (Wildman–Crippen MR) is 51.6 cm³/mol. The number of nitrogens with two attached hydrogens (primary N) is 2. The van der Waals surface area contributed by atoms with Gasteiger partial charge < -0.3 is 20.9 Å². The van der Waals surface area contributed by atoms with Crippen LogP contribution in [0.4, 0.5) is 0 Å². The van der Waals surface area contributed by atoms with Crippen molar-refractivity contribution in [1.29, 1.82) is 0 Å². The van der Waals surface area contributed by atoms with Crippen LogP contribution in [-0.2, 0) is 14.3 Å². The van der Waals surface area contributed by atoms with Gasteiger partial charge in [0, 0.05) is 19.6 Å². The lowest BCUT2D eigenvalue weighted by atomic mass is 9.96. The van der Waals surface area contributed by atoms with Crippen molar-refractivity contribution < 1.29 is 14.3 Å². The first-order chi connectivity index (χ1) is 6.68. The lowest BCUT2D eigenvalue weighted by Gasteiger charge is -2.35. The highest BCUT2D eigenvalue weighted by Crippen LogP contribution is 2.22. The second kappa shape index (κ2) is 5.29. The fourth-order valence-electron chi connectivity index (χ4n) is 1.53. The second-order valence-electron chi connectivity index (χ2n) is 3.61. The zero-order chi connectivity index (χ0) is 10.4. The molecule has 0 aromatic carbocycles. The molecule has 4 N–H and O–H groups in total. The Morgan fingerprint density at radius 1 is 1.57 bits per heavy atom. The summed E-state index contributed by atoms with van der Waals surface area (Å²) in [5.41, 5.74) is 10.3. The van der Waals surface area contributed by atoms with Gasteiger partial charge in [-0.25, -0.2) is 0 Å². The van der Waals surface area contributed by atoms with E-state index >= 15 is 0 Å². The molecule has 0 radical (unpaired) electrons. The summed E-state index contributed by atoms with van der Waals surface area (Å²) in [6.07, 6.45) is 2.08. The number of carbonyl (C=O) groups is 1. The van der Waals surface area contributed by atoms with Gasteiger partial charge in [-0.15, -0.1) is 0 Å². The number of rotatable bonds is 5. The van der Waals surface area contributed by atoms with E-state index < -0.39 is 5.60 Å². The fraction of sp³-hybridized carbons (Fsp3) is 0.889. The Kier molecular flexibility index (Phi) is 4.31. The summed E-state index contributed by atoms with van der Waals surface area (Å²) in [6, 6.07) is 0. The number of amides is 1. The van der Waals surface area contributed by atoms with Crippen LogP contribution in [-0.4, -0.2) is 37.9 Å². The lowest BCUT2D eigenvalue weighted by Crippen LogP contribution is -2.48. The normalized spacial score (nSPS) is 27.5. The Bertz CT molecular complexity index is 190. The molecule has 1 atom stereocenters. The minimum Gasteiger partial charge on any atom is -0.378 e. The maximum atomic E-state index is 10.5. The molecular weight excluding hydrogens is 184 g/mol. The molecule has 0 spiro atoms. The monoisotopic (exact) mass is 202 g/mol. The van der Waals surface area contributed by atoms with E-state index in [1.165, 1.54) is 0 Å². The van der Waals surface area contributed by atoms with Crippen molar-refractivity contribution in [2.24, 2.45) is 11.5 Å². The van der Waals surface area contributed by atoms with E-state index in [-0.39, 0.29) is 12.3 Å². The molecule has 5 heteroatoms. The zero-order valence-corrected chi connectivity index (χ0v) is 8.33. The van der Waals surface area contributed by atoms with E-state index in [1.54, 1.807) is 0 Å². The summed E-state index contributed by atoms with van der Waals surface area (Å²) in [5, 5.41) is 0. The van der Waals surface area contributed by atoms with Crippen molar-refractivity contribution in [3.8, 4) is 0 Å². The lowest BCUT2D eigenvalue weighted by molar-refractivity contribution is -0.133. The first-order valence-corrected chi connectivity index (χ1v) is 4.89. The third-order valence-electron chi connectivity index (χ3n) is 2.41. The van der Waals surface area contributed by atoms with Gasteiger partial charge in [0.2, 0.25) is 5.91 Å². The van der Waals surface area contributed by atoms with Crippen molar-refractivity contribution in [2.75, 3.05) is 26.4 Å². The van der Waals surface area contributed by atoms with Crippen molar-refractivity contribution in [2.45, 2.75) is 24.9 Å². The summed E-state index contributed by atoms with van der Waals surface area (Å²) in [7, 11) is 0. The Hall–Kier alpha value is -0.650. The Labute approximate surface area is 83.7 Å². The van der Waals surface area contributed by atoms with Gasteiger partial charge in [0.15, 0.2) is 0 Å². The molecule has 82 valence electrons. The van der Waals surface area contributed by atoms with Gasteiger partial charge in [0.1, 0.15) is 5.60 Å². The van der Waals surface area contributed by atoms with Crippen LogP contribution in [0.2, 0.25) is 0 Å². The molecule has 0 saturated carbocycles. The van der Waals surface area contributed by atoms with Gasteiger partial charge in [-0.05, 0) is 12.8 Å². The molecule has 1 amide bonds. The topological polar surface area (TPSA) is 87.6 Å². The van der Waals surface area contributed by atoms with Gasteiger partial charge in [0.25, 0.3) is 0 Å². The van der Waals surface area contributed by atoms with Crippen molar-refractivity contribution in [3.05, 3.63) is 0 Å². The number of carbonyl (C=O) groups excluding carboxylic acids is 1. The van der Waals surface area contributed by atoms with Gasteiger partial charge in [-0.1, -0.05) is 0 Å². The molecule has 1 saturated heterocycles. The third-order valence-corrected chi connectivity index (χ3v) is 2.41. The Morgan fingerprint density at radius 2 is 2.36 bits per heavy atom. The van der Waals surface area contributed by atoms with Gasteiger partial charge in [-0.3, -0.25) is 4.79 Å². The molecule has 0 aliphatic carbocycles. The van der Waals surface area contributed by atoms with Gasteiger partial charge in [-0.2, -0.15) is 0 Å². The number of ether oxygens (including phenoxy) is 2. The summed E-state index contributed by atoms with van der Waals surface area (Å²) in [5.74, 6) is -0.353. The summed E-state index contributed by atoms with van der Waals surface area (Å²) >= 11 is 0. The standard InChI is InChI=1S/C9H18N2O3/c10-6-9(3-1-4-13-7-9)14-5-2-8(11)12/h1-7,10H2,(H2,11,12). The van der Waals surface area contributed by atoms with E-state index in [2.05, 4.69) is 0 Å². The summed E-state index contributed by atoms with van der Waals surface area (Å²) in [6.45, 7) is 2.03. The molecule has 1 heterocycles. The number of primary amides is 1. The van der Waals surface area contributed by atoms with Crippen LogP contribution in [0.15, 0.2) is 0 Å². The quantitative estimate of drug-likeness (QED) is 0.622. The average Bonchev–Trinajstić information content (AvgIpc) is 2.19. The third kappa shape index (κ3) is 3.25. The van der Waals surface area contributed by atoms with Crippen LogP contribution < -0.4 is 11.5 Å². The van der Waals surface area contributed by atoms with Crippen LogP contribution in [0.5, 0.6) is 0 Å². The van der Waals surface area contributed by atoms with Crippen LogP contribution in [0.3, 0.4) is 0 Å². The van der Waals surface area contributed by atoms with Gasteiger partial charge >= 0.3 is 0 Å². The maximum Gasteiger partial charge on any atom is 0.219 e. The zero-order valence-electron chi connectivity index (χ0n) is 8.33. The van der Waals surface area contributed by atoms with Crippen molar-refractivity contribution in [3.63, 3.8) is 0 Å². The largest absolute Gasteiger partial charge is 0.378 e. The van der Waals surface area contributed by atoms with E-state index in [0.717, 1.165) is 19.4 Å². The highest BCUT2D eigenvalue weighted by atomic mass is 16.5. The first kappa shape index (κ1) is 11.4. The molecule has 14 heavy (non-hydrogen) atoms. The minimum atomic E-state index is -0.395. The van der Waals surface area contributed by atoms with E-state index in [0.29, 0.717) is 19.8 Å².